The largest absolute Gasteiger partial charge is 0.497 e. The number of anilines is 1. The number of fused-ring (bicyclic) bond motifs is 3. The first kappa shape index (κ1) is 20.7. The van der Waals surface area contributed by atoms with E-state index < -0.39 is 0 Å². The number of hydrogen-bond donors (Lipinski definition) is 0. The number of piperazine rings is 1. The molecule has 2 aromatic heterocycles. The van der Waals surface area contributed by atoms with Crippen molar-refractivity contribution in [3.8, 4) is 17.0 Å². The van der Waals surface area contributed by atoms with Crippen LogP contribution in [0.5, 0.6) is 5.75 Å². The Morgan fingerprint density at radius 3 is 2.56 bits per heavy atom. The Bertz CT molecular complexity index is 1480. The summed E-state index contributed by atoms with van der Waals surface area (Å²) in [6, 6.07) is 24.3. The minimum atomic E-state index is 0.0951. The van der Waals surface area contributed by atoms with E-state index in [-0.39, 0.29) is 5.91 Å². The summed E-state index contributed by atoms with van der Waals surface area (Å²) in [5.41, 5.74) is 4.94. The minimum absolute atomic E-state index is 0.0951. The Labute approximate surface area is 201 Å². The fourth-order valence-corrected chi connectivity index (χ4v) is 5.59. The van der Waals surface area contributed by atoms with Crippen LogP contribution in [0.25, 0.3) is 26.4 Å². The van der Waals surface area contributed by atoms with E-state index in [4.69, 9.17) is 9.72 Å². The molecule has 170 valence electrons. The summed E-state index contributed by atoms with van der Waals surface area (Å²) in [5.74, 6) is 0.907. The van der Waals surface area contributed by atoms with Crippen LogP contribution in [0.15, 0.2) is 79.0 Å². The highest BCUT2D eigenvalue weighted by atomic mass is 32.1. The van der Waals surface area contributed by atoms with Gasteiger partial charge >= 0.3 is 0 Å². The zero-order valence-electron chi connectivity index (χ0n) is 18.8. The molecule has 0 spiro atoms. The van der Waals surface area contributed by atoms with Crippen molar-refractivity contribution < 1.29 is 9.53 Å². The number of benzene rings is 3. The fraction of sp³-hybridized carbons (Fsp3) is 0.185. The lowest BCUT2D eigenvalue weighted by molar-refractivity contribution is 0.0747. The van der Waals surface area contributed by atoms with Crippen molar-refractivity contribution in [2.45, 2.75) is 0 Å². The number of imidazole rings is 1. The molecule has 0 aliphatic carbocycles. The van der Waals surface area contributed by atoms with Gasteiger partial charge < -0.3 is 14.5 Å². The van der Waals surface area contributed by atoms with E-state index >= 15 is 0 Å². The lowest BCUT2D eigenvalue weighted by Gasteiger charge is -2.36. The van der Waals surface area contributed by atoms with Gasteiger partial charge in [0.1, 0.15) is 5.75 Å². The van der Waals surface area contributed by atoms with E-state index in [1.807, 2.05) is 59.6 Å². The van der Waals surface area contributed by atoms with Gasteiger partial charge in [0.15, 0.2) is 4.96 Å². The van der Waals surface area contributed by atoms with Gasteiger partial charge in [-0.2, -0.15) is 0 Å². The maximum absolute atomic E-state index is 13.2. The first-order chi connectivity index (χ1) is 16.7. The first-order valence-electron chi connectivity index (χ1n) is 11.3. The molecule has 1 aliphatic heterocycles. The van der Waals surface area contributed by atoms with Crippen LogP contribution in [0.4, 0.5) is 5.69 Å². The smallest absolute Gasteiger partial charge is 0.254 e. The third kappa shape index (κ3) is 3.68. The standard InChI is InChI=1S/C27H24N4O2S/c1-33-22-9-5-6-19(16-22)23-18-31-24-11-10-20(17-25(24)34-27(31)28-23)26(32)30-14-12-29(13-15-30)21-7-3-2-4-8-21/h2-11,16-18H,12-15H2,1H3. The Kier molecular flexibility index (Phi) is 5.19. The van der Waals surface area contributed by atoms with Gasteiger partial charge in [-0.15, -0.1) is 0 Å². The summed E-state index contributed by atoms with van der Waals surface area (Å²) in [5, 5.41) is 0. The second-order valence-corrected chi connectivity index (χ2v) is 9.42. The number of methoxy groups -OCH3 is 1. The molecule has 1 saturated heterocycles. The highest BCUT2D eigenvalue weighted by Gasteiger charge is 2.23. The van der Waals surface area contributed by atoms with Crippen molar-refractivity contribution in [2.24, 2.45) is 0 Å². The van der Waals surface area contributed by atoms with Gasteiger partial charge in [0.05, 0.1) is 23.0 Å². The van der Waals surface area contributed by atoms with Crippen LogP contribution in [-0.4, -0.2) is 53.5 Å². The zero-order valence-corrected chi connectivity index (χ0v) is 19.7. The third-order valence-corrected chi connectivity index (χ3v) is 7.41. The lowest BCUT2D eigenvalue weighted by atomic mass is 10.1. The molecular formula is C27H24N4O2S. The summed E-state index contributed by atoms with van der Waals surface area (Å²) < 4.78 is 8.51. The molecule has 1 fully saturated rings. The lowest BCUT2D eigenvalue weighted by Crippen LogP contribution is -2.48. The van der Waals surface area contributed by atoms with Crippen LogP contribution >= 0.6 is 11.3 Å². The molecule has 0 saturated carbocycles. The number of nitrogens with zero attached hydrogens (tertiary/aromatic N) is 4. The molecule has 6 nitrogen and oxygen atoms in total. The average Bonchev–Trinajstić information content (AvgIpc) is 3.47. The second-order valence-electron chi connectivity index (χ2n) is 8.41. The van der Waals surface area contributed by atoms with Crippen molar-refractivity contribution >= 4 is 38.1 Å². The Balaban J connectivity index is 1.22. The van der Waals surface area contributed by atoms with E-state index in [1.54, 1.807) is 18.4 Å². The molecule has 0 unspecified atom stereocenters. The van der Waals surface area contributed by atoms with Gasteiger partial charge in [0.25, 0.3) is 5.91 Å². The molecule has 6 rings (SSSR count). The van der Waals surface area contributed by atoms with Gasteiger partial charge in [-0.25, -0.2) is 4.98 Å². The van der Waals surface area contributed by atoms with Crippen molar-refractivity contribution in [3.05, 3.63) is 84.6 Å². The Hall–Kier alpha value is -3.84. The zero-order chi connectivity index (χ0) is 23.1. The normalized spacial score (nSPS) is 14.1. The molecule has 1 amide bonds. The highest BCUT2D eigenvalue weighted by Crippen LogP contribution is 2.31. The molecule has 0 N–H and O–H groups in total. The number of thiazole rings is 1. The topological polar surface area (TPSA) is 50.1 Å². The monoisotopic (exact) mass is 468 g/mol. The highest BCUT2D eigenvalue weighted by molar-refractivity contribution is 7.23. The van der Waals surface area contributed by atoms with Gasteiger partial charge in [-0.1, -0.05) is 41.7 Å². The van der Waals surface area contributed by atoms with Crippen LogP contribution in [-0.2, 0) is 0 Å². The summed E-state index contributed by atoms with van der Waals surface area (Å²) in [7, 11) is 1.67. The maximum atomic E-state index is 13.2. The van der Waals surface area contributed by atoms with Crippen molar-refractivity contribution in [2.75, 3.05) is 38.2 Å². The minimum Gasteiger partial charge on any atom is -0.497 e. The SMILES string of the molecule is COc1cccc(-c2cn3c(n2)sc2cc(C(=O)N4CCN(c5ccccc5)CC4)ccc23)c1. The van der Waals surface area contributed by atoms with E-state index in [0.717, 1.165) is 63.9 Å². The molecule has 3 heterocycles. The van der Waals surface area contributed by atoms with E-state index in [0.29, 0.717) is 0 Å². The number of para-hydroxylation sites is 1. The van der Waals surface area contributed by atoms with Crippen LogP contribution in [0, 0.1) is 0 Å². The maximum Gasteiger partial charge on any atom is 0.254 e. The summed E-state index contributed by atoms with van der Waals surface area (Å²) in [6.45, 7) is 3.14. The summed E-state index contributed by atoms with van der Waals surface area (Å²) in [6.07, 6.45) is 2.05. The van der Waals surface area contributed by atoms with Gasteiger partial charge in [-0.05, 0) is 42.5 Å². The van der Waals surface area contributed by atoms with Crippen LogP contribution in [0.2, 0.25) is 0 Å². The molecule has 5 aromatic rings. The van der Waals surface area contributed by atoms with Gasteiger partial charge in [0.2, 0.25) is 0 Å². The number of aromatic nitrogens is 2. The first-order valence-corrected chi connectivity index (χ1v) is 12.2. The van der Waals surface area contributed by atoms with Crippen molar-refractivity contribution in [1.29, 1.82) is 0 Å². The number of carbonyl (C=O) groups excluding carboxylic acids is 1. The summed E-state index contributed by atoms with van der Waals surface area (Å²) >= 11 is 1.60. The fourth-order valence-electron chi connectivity index (χ4n) is 4.54. The molecular weight excluding hydrogens is 444 g/mol. The molecule has 0 bridgehead atoms. The second kappa shape index (κ2) is 8.50. The molecule has 7 heteroatoms. The number of amides is 1. The molecule has 34 heavy (non-hydrogen) atoms. The van der Waals surface area contributed by atoms with Gasteiger partial charge in [-0.3, -0.25) is 9.20 Å². The molecule has 3 aromatic carbocycles. The van der Waals surface area contributed by atoms with Crippen LogP contribution in [0.3, 0.4) is 0 Å². The average molecular weight is 469 g/mol. The van der Waals surface area contributed by atoms with Crippen LogP contribution in [0.1, 0.15) is 10.4 Å². The number of carbonyl (C=O) groups is 1. The van der Waals surface area contributed by atoms with Crippen LogP contribution < -0.4 is 9.64 Å². The van der Waals surface area contributed by atoms with E-state index in [2.05, 4.69) is 33.6 Å². The van der Waals surface area contributed by atoms with E-state index in [1.165, 1.54) is 5.69 Å². The number of rotatable bonds is 4. The van der Waals surface area contributed by atoms with Gasteiger partial charge in [0, 0.05) is 49.2 Å². The molecule has 0 atom stereocenters. The summed E-state index contributed by atoms with van der Waals surface area (Å²) in [4.78, 5) is 23.2. The predicted octanol–water partition coefficient (Wildman–Crippen LogP) is 5.19. The number of hydrogen-bond acceptors (Lipinski definition) is 5. The van der Waals surface area contributed by atoms with Crippen molar-refractivity contribution in [1.82, 2.24) is 14.3 Å². The van der Waals surface area contributed by atoms with Crippen molar-refractivity contribution in [3.63, 3.8) is 0 Å². The molecule has 0 radical (unpaired) electrons. The molecule has 1 aliphatic rings. The number of ether oxygens (including phenoxy) is 1. The predicted molar refractivity (Wildman–Crippen MR) is 137 cm³/mol. The third-order valence-electron chi connectivity index (χ3n) is 6.39. The quantitative estimate of drug-likeness (QED) is 0.364. The van der Waals surface area contributed by atoms with E-state index in [9.17, 15) is 4.79 Å². The Morgan fingerprint density at radius 1 is 0.941 bits per heavy atom. The Morgan fingerprint density at radius 2 is 1.76 bits per heavy atom.